The predicted molar refractivity (Wildman–Crippen MR) is 145 cm³/mol. The van der Waals surface area contributed by atoms with Gasteiger partial charge >= 0.3 is 0 Å². The molecule has 1 aliphatic carbocycles. The van der Waals surface area contributed by atoms with Crippen LogP contribution in [0.1, 0.15) is 61.7 Å². The maximum Gasteiger partial charge on any atom is 0.225 e. The smallest absolute Gasteiger partial charge is 0.225 e. The fraction of sp³-hybridized carbons (Fsp3) is 0.552. The van der Waals surface area contributed by atoms with Crippen LogP contribution in [0.3, 0.4) is 0 Å². The van der Waals surface area contributed by atoms with E-state index in [9.17, 15) is 14.4 Å². The van der Waals surface area contributed by atoms with Gasteiger partial charge in [-0.3, -0.25) is 14.4 Å². The number of fused-ring (bicyclic) bond motifs is 2. The van der Waals surface area contributed by atoms with Crippen LogP contribution in [0.2, 0.25) is 0 Å². The Morgan fingerprint density at radius 2 is 1.49 bits per heavy atom. The molecule has 0 saturated carbocycles. The summed E-state index contributed by atoms with van der Waals surface area (Å²) in [5.41, 5.74) is 2.74. The highest BCUT2D eigenvalue weighted by molar-refractivity contribution is 6.07. The Morgan fingerprint density at radius 3 is 2.14 bits per heavy atom. The van der Waals surface area contributed by atoms with Crippen molar-refractivity contribution in [1.29, 1.82) is 0 Å². The zero-order chi connectivity index (χ0) is 25.6. The number of piperidine rings is 2. The molecule has 0 radical (unpaired) electrons. The molecule has 5 rings (SSSR count). The largest absolute Gasteiger partial charge is 0.377 e. The second-order valence-electron chi connectivity index (χ2n) is 10.7. The lowest BCUT2D eigenvalue weighted by Crippen LogP contribution is -2.40. The van der Waals surface area contributed by atoms with Crippen LogP contribution in [0.4, 0.5) is 11.4 Å². The number of hydrogen-bond donors (Lipinski definition) is 3. The summed E-state index contributed by atoms with van der Waals surface area (Å²) >= 11 is 0. The normalized spacial score (nSPS) is 23.9. The molecule has 2 atom stereocenters. The lowest BCUT2D eigenvalue weighted by Gasteiger charge is -2.33. The number of benzene rings is 1. The van der Waals surface area contributed by atoms with Crippen LogP contribution in [0.15, 0.2) is 42.1 Å². The first-order valence-corrected chi connectivity index (χ1v) is 13.9. The van der Waals surface area contributed by atoms with Gasteiger partial charge in [-0.05, 0) is 82.2 Å². The first-order valence-electron chi connectivity index (χ1n) is 13.9. The monoisotopic (exact) mass is 505 g/mol. The number of hydrogen-bond acceptors (Lipinski definition) is 6. The Labute approximate surface area is 219 Å². The third-order valence-electron chi connectivity index (χ3n) is 7.91. The number of Topliss-reactive ketones (excluding diaryl/α,β-unsaturated/α-hetero) is 1. The highest BCUT2D eigenvalue weighted by Crippen LogP contribution is 2.34. The van der Waals surface area contributed by atoms with E-state index in [1.54, 1.807) is 12.1 Å². The number of nitrogens with zero attached hydrogens (tertiary/aromatic N) is 2. The molecule has 1 aromatic carbocycles. The lowest BCUT2D eigenvalue weighted by molar-refractivity contribution is -0.120. The number of allylic oxidation sites excluding steroid dienone is 1. The molecular weight excluding hydrogens is 466 g/mol. The van der Waals surface area contributed by atoms with Crippen LogP contribution in [0.25, 0.3) is 0 Å². The molecule has 37 heavy (non-hydrogen) atoms. The minimum Gasteiger partial charge on any atom is -0.377 e. The second kappa shape index (κ2) is 12.0. The van der Waals surface area contributed by atoms with E-state index in [2.05, 4.69) is 25.8 Å². The van der Waals surface area contributed by atoms with E-state index < -0.39 is 0 Å². The summed E-state index contributed by atoms with van der Waals surface area (Å²) in [6, 6.07) is 5.18. The van der Waals surface area contributed by atoms with Gasteiger partial charge in [0.25, 0.3) is 0 Å². The van der Waals surface area contributed by atoms with Crippen LogP contribution in [-0.4, -0.2) is 72.7 Å². The molecule has 3 heterocycles. The van der Waals surface area contributed by atoms with Gasteiger partial charge in [0.05, 0.1) is 12.0 Å². The van der Waals surface area contributed by atoms with Crippen molar-refractivity contribution in [3.63, 3.8) is 0 Å². The summed E-state index contributed by atoms with van der Waals surface area (Å²) in [5.74, 6) is -0.284. The molecule has 198 valence electrons. The van der Waals surface area contributed by atoms with E-state index in [1.165, 1.54) is 38.5 Å². The molecule has 2 amide bonds. The van der Waals surface area contributed by atoms with Crippen molar-refractivity contribution in [3.05, 3.63) is 47.7 Å². The quantitative estimate of drug-likeness (QED) is 0.501. The van der Waals surface area contributed by atoms with Crippen LogP contribution >= 0.6 is 0 Å². The van der Waals surface area contributed by atoms with Gasteiger partial charge in [0.2, 0.25) is 11.8 Å². The van der Waals surface area contributed by atoms with Crippen molar-refractivity contribution < 1.29 is 14.4 Å². The minimum atomic E-state index is -0.313. The predicted octanol–water partition coefficient (Wildman–Crippen LogP) is 3.54. The molecule has 4 aliphatic rings. The maximum atomic E-state index is 13.2. The third-order valence-corrected chi connectivity index (χ3v) is 7.91. The molecule has 0 bridgehead atoms. The van der Waals surface area contributed by atoms with Crippen molar-refractivity contribution in [1.82, 2.24) is 15.1 Å². The molecular formula is C29H39N5O3. The molecule has 8 nitrogen and oxygen atoms in total. The number of nitrogens with one attached hydrogen (secondary N) is 3. The van der Waals surface area contributed by atoms with E-state index in [4.69, 9.17) is 0 Å². The summed E-state index contributed by atoms with van der Waals surface area (Å²) in [6.45, 7) is 5.86. The second-order valence-corrected chi connectivity index (χ2v) is 10.7. The van der Waals surface area contributed by atoms with E-state index in [0.717, 1.165) is 45.0 Å². The van der Waals surface area contributed by atoms with Gasteiger partial charge in [0.15, 0.2) is 5.78 Å². The lowest BCUT2D eigenvalue weighted by atomic mass is 9.83. The summed E-state index contributed by atoms with van der Waals surface area (Å²) in [4.78, 5) is 42.9. The van der Waals surface area contributed by atoms with Crippen LogP contribution < -0.4 is 16.0 Å². The Balaban J connectivity index is 1.16. The van der Waals surface area contributed by atoms with Crippen LogP contribution in [0, 0.1) is 5.92 Å². The van der Waals surface area contributed by atoms with Gasteiger partial charge in [-0.1, -0.05) is 18.9 Å². The number of rotatable bonds is 8. The Bertz CT molecular complexity index is 1070. The number of carbonyl (C=O) groups is 3. The molecule has 1 aromatic rings. The third kappa shape index (κ3) is 6.67. The average molecular weight is 506 g/mol. The fourth-order valence-corrected chi connectivity index (χ4v) is 5.79. The molecule has 2 saturated heterocycles. The Hall–Kier alpha value is -2.97. The number of anilines is 2. The van der Waals surface area contributed by atoms with Gasteiger partial charge < -0.3 is 25.8 Å². The van der Waals surface area contributed by atoms with Crippen molar-refractivity contribution in [2.45, 2.75) is 57.4 Å². The SMILES string of the molecule is O=C(CCN1CCCCC1)NC1=CC2Nc3cc(NC(=O)CCN4CCCCC4)ccc3C(=O)C2C=C1. The van der Waals surface area contributed by atoms with E-state index in [0.29, 0.717) is 29.8 Å². The van der Waals surface area contributed by atoms with Crippen LogP contribution in [0.5, 0.6) is 0 Å². The van der Waals surface area contributed by atoms with E-state index in [-0.39, 0.29) is 29.6 Å². The Morgan fingerprint density at radius 1 is 0.865 bits per heavy atom. The first kappa shape index (κ1) is 25.7. The van der Waals surface area contributed by atoms with Crippen molar-refractivity contribution in [2.24, 2.45) is 5.92 Å². The van der Waals surface area contributed by atoms with E-state index >= 15 is 0 Å². The van der Waals surface area contributed by atoms with Crippen molar-refractivity contribution in [3.8, 4) is 0 Å². The van der Waals surface area contributed by atoms with Gasteiger partial charge in [-0.15, -0.1) is 0 Å². The molecule has 3 N–H and O–H groups in total. The summed E-state index contributed by atoms with van der Waals surface area (Å²) < 4.78 is 0. The summed E-state index contributed by atoms with van der Waals surface area (Å²) in [7, 11) is 0. The summed E-state index contributed by atoms with van der Waals surface area (Å²) in [6.07, 6.45) is 14.0. The zero-order valence-electron chi connectivity index (χ0n) is 21.6. The summed E-state index contributed by atoms with van der Waals surface area (Å²) in [5, 5.41) is 9.44. The molecule has 0 spiro atoms. The van der Waals surface area contributed by atoms with Crippen molar-refractivity contribution in [2.75, 3.05) is 49.9 Å². The number of ketones is 1. The Kier molecular flexibility index (Phi) is 8.36. The maximum absolute atomic E-state index is 13.2. The number of likely N-dealkylation sites (tertiary alicyclic amines) is 2. The zero-order valence-corrected chi connectivity index (χ0v) is 21.6. The van der Waals surface area contributed by atoms with Crippen molar-refractivity contribution >= 4 is 29.0 Å². The highest BCUT2D eigenvalue weighted by atomic mass is 16.2. The molecule has 3 aliphatic heterocycles. The average Bonchev–Trinajstić information content (AvgIpc) is 2.92. The topological polar surface area (TPSA) is 93.8 Å². The molecule has 2 unspecified atom stereocenters. The van der Waals surface area contributed by atoms with Gasteiger partial charge in [-0.2, -0.15) is 0 Å². The van der Waals surface area contributed by atoms with E-state index in [1.807, 2.05) is 24.3 Å². The van der Waals surface area contributed by atoms with Gasteiger partial charge in [0.1, 0.15) is 0 Å². The molecule has 8 heteroatoms. The number of carbonyl (C=O) groups excluding carboxylic acids is 3. The minimum absolute atomic E-state index is 0.00277. The fourth-order valence-electron chi connectivity index (χ4n) is 5.79. The molecule has 2 fully saturated rings. The standard InChI is InChI=1S/C29H39N5O3/c35-27(11-17-33-13-3-1-4-14-33)30-21-7-9-23-25(19-21)32-26-20-22(8-10-24(26)29(23)37)31-28(36)12-18-34-15-5-2-6-16-34/h7-10,19-20,23,25,32H,1-6,11-18H2,(H,30,35)(H,31,36). The van der Waals surface area contributed by atoms with Gasteiger partial charge in [-0.25, -0.2) is 0 Å². The number of amides is 2. The molecule has 0 aromatic heterocycles. The highest BCUT2D eigenvalue weighted by Gasteiger charge is 2.34. The first-order chi connectivity index (χ1) is 18.0. The van der Waals surface area contributed by atoms with Crippen LogP contribution in [-0.2, 0) is 9.59 Å². The van der Waals surface area contributed by atoms with Gasteiger partial charge in [0, 0.05) is 48.6 Å².